The quantitative estimate of drug-likeness (QED) is 0.738. The van der Waals surface area contributed by atoms with Gasteiger partial charge in [0.25, 0.3) is 0 Å². The lowest BCUT2D eigenvalue weighted by Gasteiger charge is -2.24. The van der Waals surface area contributed by atoms with Gasteiger partial charge in [0.15, 0.2) is 5.65 Å². The van der Waals surface area contributed by atoms with Crippen molar-refractivity contribution in [3.8, 4) is 0 Å². The van der Waals surface area contributed by atoms with E-state index in [-0.39, 0.29) is 0 Å². The maximum absolute atomic E-state index is 5.06. The van der Waals surface area contributed by atoms with Crippen LogP contribution in [0.25, 0.3) is 5.65 Å². The van der Waals surface area contributed by atoms with E-state index >= 15 is 0 Å². The summed E-state index contributed by atoms with van der Waals surface area (Å²) in [6.45, 7) is 2.04. The smallest absolute Gasteiger partial charge is 0.155 e. The summed E-state index contributed by atoms with van der Waals surface area (Å²) in [6, 6.07) is 0.419. The maximum atomic E-state index is 5.06. The van der Waals surface area contributed by atoms with E-state index in [9.17, 15) is 0 Å². The molecule has 1 saturated heterocycles. The average Bonchev–Trinajstić information content (AvgIpc) is 3.34. The summed E-state index contributed by atoms with van der Waals surface area (Å²) in [5, 5.41) is 0. The molecular weight excluding hydrogens is 312 g/mol. The number of likely N-dealkylation sites (tertiary alicyclic amines) is 1. The Bertz CT molecular complexity index is 908. The van der Waals surface area contributed by atoms with E-state index in [1.54, 1.807) is 0 Å². The Balaban J connectivity index is 1.45. The van der Waals surface area contributed by atoms with Crippen LogP contribution in [-0.4, -0.2) is 35.4 Å². The van der Waals surface area contributed by atoms with Gasteiger partial charge in [-0.1, -0.05) is 0 Å². The second-order valence-electron chi connectivity index (χ2n) is 7.31. The topological polar surface area (TPSA) is 51.2 Å². The fourth-order valence-electron chi connectivity index (χ4n) is 4.53. The number of nitrogens with zero attached hydrogens (tertiary/aromatic N) is 6. The highest BCUT2D eigenvalue weighted by Gasteiger charge is 2.31. The van der Waals surface area contributed by atoms with Gasteiger partial charge >= 0.3 is 0 Å². The van der Waals surface area contributed by atoms with Crippen LogP contribution in [0, 0.1) is 0 Å². The van der Waals surface area contributed by atoms with Gasteiger partial charge in [0.1, 0.15) is 5.82 Å². The first-order valence-corrected chi connectivity index (χ1v) is 9.35. The van der Waals surface area contributed by atoms with E-state index in [1.807, 2.05) is 24.8 Å². The molecule has 1 aliphatic carbocycles. The largest absolute Gasteiger partial charge is 0.334 e. The lowest BCUT2D eigenvalue weighted by Crippen LogP contribution is -2.25. The summed E-state index contributed by atoms with van der Waals surface area (Å²) in [6.07, 6.45) is 15.0. The van der Waals surface area contributed by atoms with Gasteiger partial charge in [0, 0.05) is 31.7 Å². The lowest BCUT2D eigenvalue weighted by atomic mass is 10.0. The van der Waals surface area contributed by atoms with Gasteiger partial charge in [0.2, 0.25) is 0 Å². The number of hydrogen-bond donors (Lipinski definition) is 0. The Morgan fingerprint density at radius 2 is 2.08 bits per heavy atom. The van der Waals surface area contributed by atoms with Crippen LogP contribution in [-0.2, 0) is 26.4 Å². The minimum atomic E-state index is 0.419. The van der Waals surface area contributed by atoms with E-state index < -0.39 is 0 Å². The molecule has 25 heavy (non-hydrogen) atoms. The molecule has 0 saturated carbocycles. The molecule has 1 atom stereocenters. The van der Waals surface area contributed by atoms with Gasteiger partial charge < -0.3 is 4.57 Å². The van der Waals surface area contributed by atoms with Crippen LogP contribution in [0.3, 0.4) is 0 Å². The number of fused-ring (bicyclic) bond motifs is 2. The highest BCUT2D eigenvalue weighted by molar-refractivity contribution is 5.37. The van der Waals surface area contributed by atoms with Crippen molar-refractivity contribution in [1.29, 1.82) is 0 Å². The number of imidazole rings is 2. The van der Waals surface area contributed by atoms with Crippen LogP contribution in [0.2, 0.25) is 0 Å². The van der Waals surface area contributed by atoms with Crippen molar-refractivity contribution in [3.05, 3.63) is 47.7 Å². The van der Waals surface area contributed by atoms with Crippen LogP contribution in [0.15, 0.2) is 24.8 Å². The van der Waals surface area contributed by atoms with Crippen molar-refractivity contribution >= 4 is 5.65 Å². The fraction of sp³-hybridized carbons (Fsp3) is 0.526. The van der Waals surface area contributed by atoms with E-state index in [2.05, 4.69) is 30.9 Å². The Hall–Kier alpha value is -2.21. The van der Waals surface area contributed by atoms with Crippen molar-refractivity contribution in [2.24, 2.45) is 7.05 Å². The second kappa shape index (κ2) is 5.95. The highest BCUT2D eigenvalue weighted by atomic mass is 15.2. The first kappa shape index (κ1) is 15.1. The molecule has 1 aliphatic heterocycles. The van der Waals surface area contributed by atoms with Crippen LogP contribution < -0.4 is 0 Å². The van der Waals surface area contributed by atoms with Gasteiger partial charge in [0.05, 0.1) is 29.8 Å². The average molecular weight is 336 g/mol. The fourth-order valence-corrected chi connectivity index (χ4v) is 4.53. The molecule has 6 heteroatoms. The number of hydrogen-bond acceptors (Lipinski definition) is 4. The Morgan fingerprint density at radius 1 is 1.16 bits per heavy atom. The first-order valence-electron chi connectivity index (χ1n) is 9.35. The van der Waals surface area contributed by atoms with Crippen molar-refractivity contribution in [2.75, 3.05) is 6.54 Å². The molecule has 0 unspecified atom stereocenters. The third-order valence-corrected chi connectivity index (χ3v) is 5.83. The first-order chi connectivity index (χ1) is 12.3. The normalized spacial score (nSPS) is 21.1. The zero-order valence-electron chi connectivity index (χ0n) is 14.7. The van der Waals surface area contributed by atoms with Crippen LogP contribution >= 0.6 is 0 Å². The molecule has 4 heterocycles. The third kappa shape index (κ3) is 2.47. The summed E-state index contributed by atoms with van der Waals surface area (Å²) in [4.78, 5) is 16.3. The molecule has 6 nitrogen and oxygen atoms in total. The third-order valence-electron chi connectivity index (χ3n) is 5.83. The summed E-state index contributed by atoms with van der Waals surface area (Å²) < 4.78 is 4.53. The lowest BCUT2D eigenvalue weighted by molar-refractivity contribution is 0.233. The number of aromatic nitrogens is 5. The molecule has 0 radical (unpaired) electrons. The Morgan fingerprint density at radius 3 is 3.00 bits per heavy atom. The summed E-state index contributed by atoms with van der Waals surface area (Å²) in [5.74, 6) is 1.26. The Kier molecular flexibility index (Phi) is 3.59. The SMILES string of the molecule is Cn1c([C@@H]2CCCN2Cc2cnc3cnccn23)nc2c1CCCC2. The second-order valence-corrected chi connectivity index (χ2v) is 7.31. The summed E-state index contributed by atoms with van der Waals surface area (Å²) in [7, 11) is 2.21. The molecule has 0 N–H and O–H groups in total. The maximum Gasteiger partial charge on any atom is 0.155 e. The minimum Gasteiger partial charge on any atom is -0.334 e. The minimum absolute atomic E-state index is 0.419. The molecular formula is C19H24N6. The van der Waals surface area contributed by atoms with Gasteiger partial charge in [-0.05, 0) is 45.1 Å². The van der Waals surface area contributed by atoms with Crippen LogP contribution in [0.5, 0.6) is 0 Å². The predicted molar refractivity (Wildman–Crippen MR) is 95.2 cm³/mol. The van der Waals surface area contributed by atoms with E-state index in [0.29, 0.717) is 6.04 Å². The van der Waals surface area contributed by atoms with E-state index in [4.69, 9.17) is 4.98 Å². The zero-order chi connectivity index (χ0) is 16.8. The molecule has 0 aromatic carbocycles. The van der Waals surface area contributed by atoms with Gasteiger partial charge in [-0.2, -0.15) is 0 Å². The van der Waals surface area contributed by atoms with Crippen molar-refractivity contribution in [3.63, 3.8) is 0 Å². The van der Waals surface area contributed by atoms with Crippen LogP contribution in [0.4, 0.5) is 0 Å². The molecule has 1 fully saturated rings. The number of rotatable bonds is 3. The standard InChI is InChI=1S/C19H24N6/c1-23-16-6-3-2-5-15(16)22-19(23)17-7-4-9-24(17)13-14-11-21-18-12-20-8-10-25(14)18/h8,10-12,17H,2-7,9,13H2,1H3/t17-/m0/s1. The molecule has 3 aromatic rings. The molecule has 3 aromatic heterocycles. The molecule has 2 aliphatic rings. The summed E-state index contributed by atoms with van der Waals surface area (Å²) >= 11 is 0. The predicted octanol–water partition coefficient (Wildman–Crippen LogP) is 2.68. The van der Waals surface area contributed by atoms with Crippen molar-refractivity contribution in [2.45, 2.75) is 51.1 Å². The van der Waals surface area contributed by atoms with Gasteiger partial charge in [-0.3, -0.25) is 14.3 Å². The summed E-state index contributed by atoms with van der Waals surface area (Å²) in [5.41, 5.74) is 4.95. The van der Waals surface area contributed by atoms with Crippen molar-refractivity contribution in [1.82, 2.24) is 28.8 Å². The number of aryl methyl sites for hydroxylation is 1. The monoisotopic (exact) mass is 336 g/mol. The molecule has 0 amide bonds. The zero-order valence-corrected chi connectivity index (χ0v) is 14.7. The molecule has 5 rings (SSSR count). The van der Waals surface area contributed by atoms with Crippen molar-refractivity contribution < 1.29 is 0 Å². The van der Waals surface area contributed by atoms with Gasteiger partial charge in [-0.15, -0.1) is 0 Å². The Labute approximate surface area is 147 Å². The van der Waals surface area contributed by atoms with Crippen LogP contribution in [0.1, 0.15) is 54.6 Å². The molecule has 0 spiro atoms. The molecule has 130 valence electrons. The van der Waals surface area contributed by atoms with Gasteiger partial charge in [-0.25, -0.2) is 9.97 Å². The van der Waals surface area contributed by atoms with E-state index in [0.717, 1.165) is 25.2 Å². The molecule has 0 bridgehead atoms. The van der Waals surface area contributed by atoms with E-state index in [1.165, 1.54) is 55.0 Å². The highest BCUT2D eigenvalue weighted by Crippen LogP contribution is 2.34.